The van der Waals surface area contributed by atoms with Gasteiger partial charge >= 0.3 is 0 Å². The number of aliphatic imine (C=N–C) groups is 1. The first-order valence-electron chi connectivity index (χ1n) is 8.42. The molecule has 0 atom stereocenters. The van der Waals surface area contributed by atoms with Crippen LogP contribution in [0.3, 0.4) is 0 Å². The van der Waals surface area contributed by atoms with E-state index in [2.05, 4.69) is 47.7 Å². The molecule has 0 aliphatic heterocycles. The summed E-state index contributed by atoms with van der Waals surface area (Å²) in [6, 6.07) is 15.4. The highest BCUT2D eigenvalue weighted by Crippen LogP contribution is 2.25. The molecule has 0 amide bonds. The Balaban J connectivity index is 1.97. The van der Waals surface area contributed by atoms with Crippen LogP contribution in [0.25, 0.3) is 5.69 Å². The largest absolute Gasteiger partial charge is 0.318 e. The topological polar surface area (TPSA) is 60.4 Å². The Morgan fingerprint density at radius 2 is 1.81 bits per heavy atom. The summed E-state index contributed by atoms with van der Waals surface area (Å²) in [5.74, 6) is 0. The van der Waals surface area contributed by atoms with E-state index in [4.69, 9.17) is 0 Å². The van der Waals surface area contributed by atoms with Crippen LogP contribution in [0.15, 0.2) is 53.5 Å². The summed E-state index contributed by atoms with van der Waals surface area (Å²) >= 11 is 0. The van der Waals surface area contributed by atoms with Crippen molar-refractivity contribution in [3.63, 3.8) is 0 Å². The van der Waals surface area contributed by atoms with Crippen molar-refractivity contribution >= 4 is 17.6 Å². The number of nitro benzene ring substituents is 1. The quantitative estimate of drug-likeness (QED) is 0.362. The predicted octanol–water partition coefficient (Wildman–Crippen LogP) is 5.37. The second kappa shape index (κ2) is 6.96. The fourth-order valence-corrected chi connectivity index (χ4v) is 3.10. The van der Waals surface area contributed by atoms with Gasteiger partial charge in [-0.2, -0.15) is 0 Å². The van der Waals surface area contributed by atoms with Gasteiger partial charge < -0.3 is 4.57 Å². The first-order chi connectivity index (χ1) is 12.4. The van der Waals surface area contributed by atoms with Gasteiger partial charge in [-0.1, -0.05) is 18.2 Å². The molecule has 0 aliphatic carbocycles. The van der Waals surface area contributed by atoms with Gasteiger partial charge in [-0.25, -0.2) is 0 Å². The van der Waals surface area contributed by atoms with Crippen LogP contribution in [0, 0.1) is 37.8 Å². The monoisotopic (exact) mass is 347 g/mol. The summed E-state index contributed by atoms with van der Waals surface area (Å²) in [6.45, 7) is 7.91. The molecule has 5 heteroatoms. The molecule has 3 aromatic rings. The van der Waals surface area contributed by atoms with Gasteiger partial charge in [-0.15, -0.1) is 0 Å². The van der Waals surface area contributed by atoms with E-state index in [-0.39, 0.29) is 10.6 Å². The summed E-state index contributed by atoms with van der Waals surface area (Å²) in [5, 5.41) is 11.1. The molecule has 1 heterocycles. The number of benzene rings is 2. The van der Waals surface area contributed by atoms with E-state index in [1.807, 2.05) is 13.0 Å². The summed E-state index contributed by atoms with van der Waals surface area (Å²) in [6.07, 6.45) is 1.77. The van der Waals surface area contributed by atoms with Crippen LogP contribution in [-0.4, -0.2) is 15.7 Å². The number of nitrogens with zero attached hydrogens (tertiary/aromatic N) is 3. The van der Waals surface area contributed by atoms with Gasteiger partial charge in [0.2, 0.25) is 0 Å². The molecule has 0 aliphatic rings. The number of hydrogen-bond donors (Lipinski definition) is 0. The van der Waals surface area contributed by atoms with Crippen LogP contribution in [0.4, 0.5) is 11.4 Å². The molecule has 0 unspecified atom stereocenters. The number of nitro groups is 1. The van der Waals surface area contributed by atoms with Crippen LogP contribution in [0.1, 0.15) is 28.1 Å². The van der Waals surface area contributed by atoms with Crippen LogP contribution in [0.5, 0.6) is 0 Å². The van der Waals surface area contributed by atoms with Crippen molar-refractivity contribution < 1.29 is 4.92 Å². The summed E-state index contributed by atoms with van der Waals surface area (Å²) in [5.41, 5.74) is 6.80. The van der Waals surface area contributed by atoms with Crippen LogP contribution in [0.2, 0.25) is 0 Å². The normalized spacial score (nSPS) is 11.2. The first-order valence-corrected chi connectivity index (χ1v) is 8.42. The second-order valence-electron chi connectivity index (χ2n) is 6.49. The van der Waals surface area contributed by atoms with Crippen molar-refractivity contribution in [2.45, 2.75) is 27.7 Å². The molecule has 0 radical (unpaired) electrons. The molecule has 132 valence electrons. The van der Waals surface area contributed by atoms with Crippen molar-refractivity contribution in [1.82, 2.24) is 4.57 Å². The minimum Gasteiger partial charge on any atom is -0.318 e. The molecule has 0 fully saturated rings. The van der Waals surface area contributed by atoms with Gasteiger partial charge in [-0.3, -0.25) is 15.1 Å². The molecule has 0 bridgehead atoms. The Labute approximate surface area is 152 Å². The van der Waals surface area contributed by atoms with Gasteiger partial charge in [0.1, 0.15) is 0 Å². The summed E-state index contributed by atoms with van der Waals surface area (Å²) in [4.78, 5) is 15.2. The van der Waals surface area contributed by atoms with E-state index >= 15 is 0 Å². The average molecular weight is 347 g/mol. The Bertz CT molecular complexity index is 1020. The van der Waals surface area contributed by atoms with Gasteiger partial charge in [-0.05, 0) is 57.5 Å². The van der Waals surface area contributed by atoms with E-state index < -0.39 is 0 Å². The first kappa shape index (κ1) is 17.6. The fourth-order valence-electron chi connectivity index (χ4n) is 3.10. The highest BCUT2D eigenvalue weighted by atomic mass is 16.6. The molecule has 1 aromatic heterocycles. The van der Waals surface area contributed by atoms with Crippen molar-refractivity contribution in [1.29, 1.82) is 0 Å². The molecule has 26 heavy (non-hydrogen) atoms. The van der Waals surface area contributed by atoms with Gasteiger partial charge in [0.25, 0.3) is 5.69 Å². The molecule has 0 saturated heterocycles. The number of hydrogen-bond acceptors (Lipinski definition) is 3. The zero-order valence-electron chi connectivity index (χ0n) is 15.4. The Morgan fingerprint density at radius 1 is 1.04 bits per heavy atom. The summed E-state index contributed by atoms with van der Waals surface area (Å²) in [7, 11) is 0. The number of aromatic nitrogens is 1. The van der Waals surface area contributed by atoms with Gasteiger partial charge in [0.15, 0.2) is 0 Å². The Morgan fingerprint density at radius 3 is 2.50 bits per heavy atom. The van der Waals surface area contributed by atoms with Crippen molar-refractivity contribution in [2.75, 3.05) is 0 Å². The van der Waals surface area contributed by atoms with E-state index in [0.29, 0.717) is 11.3 Å². The third-order valence-electron chi connectivity index (χ3n) is 4.47. The fraction of sp³-hybridized carbons (Fsp3) is 0.190. The Kier molecular flexibility index (Phi) is 4.71. The number of aryl methyl sites for hydroxylation is 3. The Hall–Kier alpha value is -3.21. The van der Waals surface area contributed by atoms with Gasteiger partial charge in [0.05, 0.1) is 10.6 Å². The zero-order valence-corrected chi connectivity index (χ0v) is 15.4. The highest BCUT2D eigenvalue weighted by Gasteiger charge is 2.12. The summed E-state index contributed by atoms with van der Waals surface area (Å²) < 4.78 is 2.19. The SMILES string of the molecule is Cc1cccc(-n2c(C)cc(C=Nc3ccc(C)c([N+](=O)[O-])c3)c2C)c1. The van der Waals surface area contributed by atoms with Crippen molar-refractivity contribution in [3.8, 4) is 5.69 Å². The van der Waals surface area contributed by atoms with Crippen LogP contribution in [-0.2, 0) is 0 Å². The maximum Gasteiger partial charge on any atom is 0.274 e. The molecule has 0 spiro atoms. The predicted molar refractivity (Wildman–Crippen MR) is 105 cm³/mol. The lowest BCUT2D eigenvalue weighted by Crippen LogP contribution is -1.99. The van der Waals surface area contributed by atoms with E-state index in [1.165, 1.54) is 11.6 Å². The lowest BCUT2D eigenvalue weighted by Gasteiger charge is -2.10. The minimum atomic E-state index is -0.377. The lowest BCUT2D eigenvalue weighted by atomic mass is 10.2. The smallest absolute Gasteiger partial charge is 0.274 e. The highest BCUT2D eigenvalue weighted by molar-refractivity contribution is 5.84. The third kappa shape index (κ3) is 3.42. The lowest BCUT2D eigenvalue weighted by molar-refractivity contribution is -0.385. The van der Waals surface area contributed by atoms with Crippen LogP contribution < -0.4 is 0 Å². The van der Waals surface area contributed by atoms with Crippen molar-refractivity contribution in [2.24, 2.45) is 4.99 Å². The van der Waals surface area contributed by atoms with E-state index in [0.717, 1.165) is 22.6 Å². The standard InChI is InChI=1S/C21H21N3O2/c1-14-6-5-7-20(10-14)23-16(3)11-18(17(23)4)13-22-19-9-8-15(2)21(12-19)24(25)26/h5-13H,1-4H3. The van der Waals surface area contributed by atoms with E-state index in [9.17, 15) is 10.1 Å². The maximum atomic E-state index is 11.1. The zero-order chi connectivity index (χ0) is 18.8. The molecular weight excluding hydrogens is 326 g/mol. The molecule has 0 saturated carbocycles. The number of rotatable bonds is 4. The molecule has 3 rings (SSSR count). The van der Waals surface area contributed by atoms with Crippen molar-refractivity contribution in [3.05, 3.63) is 86.7 Å². The minimum absolute atomic E-state index is 0.0879. The average Bonchev–Trinajstić information content (AvgIpc) is 2.87. The molecule has 5 nitrogen and oxygen atoms in total. The third-order valence-corrected chi connectivity index (χ3v) is 4.47. The molecular formula is C21H21N3O2. The molecule has 0 N–H and O–H groups in total. The second-order valence-corrected chi connectivity index (χ2v) is 6.49. The maximum absolute atomic E-state index is 11.1. The van der Waals surface area contributed by atoms with E-state index in [1.54, 1.807) is 25.3 Å². The van der Waals surface area contributed by atoms with Gasteiger partial charge in [0, 0.05) is 40.5 Å². The van der Waals surface area contributed by atoms with Crippen LogP contribution >= 0.6 is 0 Å². The molecule has 2 aromatic carbocycles.